The van der Waals surface area contributed by atoms with Gasteiger partial charge in [0.25, 0.3) is 0 Å². The van der Waals surface area contributed by atoms with E-state index in [9.17, 15) is 4.79 Å². The number of aromatic nitrogens is 2. The number of ether oxygens (including phenoxy) is 2. The van der Waals surface area contributed by atoms with Gasteiger partial charge in [-0.2, -0.15) is 0 Å². The van der Waals surface area contributed by atoms with Gasteiger partial charge in [-0.1, -0.05) is 0 Å². The second-order valence-electron chi connectivity index (χ2n) is 8.52. The van der Waals surface area contributed by atoms with Crippen molar-refractivity contribution < 1.29 is 14.3 Å². The number of amides is 1. The molecule has 0 aromatic carbocycles. The molecule has 7 nitrogen and oxygen atoms in total. The summed E-state index contributed by atoms with van der Waals surface area (Å²) in [5.74, 6) is 1.74. The summed E-state index contributed by atoms with van der Waals surface area (Å²) in [6.45, 7) is 7.90. The van der Waals surface area contributed by atoms with Crippen LogP contribution in [-0.2, 0) is 26.3 Å². The number of likely N-dealkylation sites (tertiary alicyclic amines) is 1. The van der Waals surface area contributed by atoms with Gasteiger partial charge in [0.1, 0.15) is 0 Å². The zero-order valence-electron chi connectivity index (χ0n) is 16.1. The first-order chi connectivity index (χ1) is 13.1. The van der Waals surface area contributed by atoms with Crippen molar-refractivity contribution in [2.75, 3.05) is 50.9 Å². The number of morpholine rings is 1. The van der Waals surface area contributed by atoms with Crippen molar-refractivity contribution in [3.8, 4) is 0 Å². The van der Waals surface area contributed by atoms with Crippen LogP contribution in [0.15, 0.2) is 0 Å². The highest BCUT2D eigenvalue weighted by Crippen LogP contribution is 2.41. The molecule has 4 heterocycles. The number of rotatable bonds is 3. The lowest BCUT2D eigenvalue weighted by atomic mass is 9.80. The van der Waals surface area contributed by atoms with Crippen LogP contribution in [0.2, 0.25) is 0 Å². The third-order valence-corrected chi connectivity index (χ3v) is 6.49. The van der Waals surface area contributed by atoms with Gasteiger partial charge in [0.05, 0.1) is 37.5 Å². The standard InChI is InChI=1S/C20H28N4O3/c1-14-16-11-27-13-20(4-5-24(12-20)17(25)10-15-2-3-15)18(16)22-19(21-14)23-6-8-26-9-7-23/h15H,2-13H2,1H3/t20-/m0/s1. The molecule has 1 atom stereocenters. The number of aryl methyl sites for hydroxylation is 1. The molecule has 0 bridgehead atoms. The molecule has 1 saturated carbocycles. The van der Waals surface area contributed by atoms with E-state index in [2.05, 4.69) is 11.8 Å². The molecule has 27 heavy (non-hydrogen) atoms. The van der Waals surface area contributed by atoms with Crippen LogP contribution >= 0.6 is 0 Å². The zero-order valence-corrected chi connectivity index (χ0v) is 16.1. The Bertz CT molecular complexity index is 745. The van der Waals surface area contributed by atoms with Crippen molar-refractivity contribution in [2.24, 2.45) is 5.92 Å². The first kappa shape index (κ1) is 17.4. The summed E-state index contributed by atoms with van der Waals surface area (Å²) in [6.07, 6.45) is 4.07. The molecule has 146 valence electrons. The Morgan fingerprint density at radius 2 is 2.00 bits per heavy atom. The minimum absolute atomic E-state index is 0.179. The fraction of sp³-hybridized carbons (Fsp3) is 0.750. The lowest BCUT2D eigenvalue weighted by Gasteiger charge is -2.36. The highest BCUT2D eigenvalue weighted by molar-refractivity contribution is 5.77. The summed E-state index contributed by atoms with van der Waals surface area (Å²) in [5.41, 5.74) is 3.06. The van der Waals surface area contributed by atoms with Crippen LogP contribution < -0.4 is 4.90 Å². The average molecular weight is 372 g/mol. The largest absolute Gasteiger partial charge is 0.378 e. The Morgan fingerprint density at radius 1 is 1.19 bits per heavy atom. The van der Waals surface area contributed by atoms with E-state index >= 15 is 0 Å². The molecule has 1 amide bonds. The zero-order chi connectivity index (χ0) is 18.4. The van der Waals surface area contributed by atoms with Gasteiger partial charge in [-0.15, -0.1) is 0 Å². The van der Waals surface area contributed by atoms with Crippen LogP contribution in [0.3, 0.4) is 0 Å². The van der Waals surface area contributed by atoms with Crippen molar-refractivity contribution >= 4 is 11.9 Å². The van der Waals surface area contributed by atoms with Crippen LogP contribution in [-0.4, -0.2) is 66.8 Å². The van der Waals surface area contributed by atoms with Gasteiger partial charge in [0.2, 0.25) is 11.9 Å². The number of hydrogen-bond donors (Lipinski definition) is 0. The predicted molar refractivity (Wildman–Crippen MR) is 99.7 cm³/mol. The van der Waals surface area contributed by atoms with Crippen molar-refractivity contribution in [1.29, 1.82) is 0 Å². The molecular formula is C20H28N4O3. The molecule has 0 radical (unpaired) electrons. The Labute approximate surface area is 160 Å². The van der Waals surface area contributed by atoms with Gasteiger partial charge < -0.3 is 19.3 Å². The number of carbonyl (C=O) groups is 1. The Hall–Kier alpha value is -1.73. The quantitative estimate of drug-likeness (QED) is 0.799. The molecule has 1 aromatic rings. The normalized spacial score (nSPS) is 27.9. The van der Waals surface area contributed by atoms with Gasteiger partial charge in [0, 0.05) is 43.9 Å². The highest BCUT2D eigenvalue weighted by atomic mass is 16.5. The third kappa shape index (κ3) is 3.21. The number of carbonyl (C=O) groups excluding carboxylic acids is 1. The predicted octanol–water partition coefficient (Wildman–Crippen LogP) is 1.42. The smallest absolute Gasteiger partial charge is 0.225 e. The number of fused-ring (bicyclic) bond motifs is 2. The number of nitrogens with zero attached hydrogens (tertiary/aromatic N) is 4. The Balaban J connectivity index is 1.44. The molecule has 1 spiro atoms. The van der Waals surface area contributed by atoms with Gasteiger partial charge in [-0.25, -0.2) is 9.97 Å². The van der Waals surface area contributed by atoms with Gasteiger partial charge in [0.15, 0.2) is 0 Å². The molecule has 2 saturated heterocycles. The first-order valence-corrected chi connectivity index (χ1v) is 10.2. The van der Waals surface area contributed by atoms with Gasteiger partial charge >= 0.3 is 0 Å². The number of anilines is 1. The lowest BCUT2D eigenvalue weighted by Crippen LogP contribution is -2.43. The highest BCUT2D eigenvalue weighted by Gasteiger charge is 2.47. The maximum Gasteiger partial charge on any atom is 0.225 e. The summed E-state index contributed by atoms with van der Waals surface area (Å²) in [6, 6.07) is 0. The fourth-order valence-electron chi connectivity index (χ4n) is 4.61. The van der Waals surface area contributed by atoms with E-state index in [0.29, 0.717) is 31.5 Å². The molecule has 1 aliphatic carbocycles. The Kier molecular flexibility index (Phi) is 4.31. The SMILES string of the molecule is Cc1nc(N2CCOCC2)nc2c1COC[C@@]21CCN(C(=O)CC2CC2)C1. The van der Waals surface area contributed by atoms with E-state index in [-0.39, 0.29) is 5.41 Å². The van der Waals surface area contributed by atoms with E-state index in [1.165, 1.54) is 12.8 Å². The minimum atomic E-state index is -0.179. The average Bonchev–Trinajstić information content (AvgIpc) is 3.40. The van der Waals surface area contributed by atoms with E-state index < -0.39 is 0 Å². The van der Waals surface area contributed by atoms with Crippen LogP contribution in [0.4, 0.5) is 5.95 Å². The lowest BCUT2D eigenvalue weighted by molar-refractivity contribution is -0.130. The van der Waals surface area contributed by atoms with Crippen LogP contribution in [0, 0.1) is 12.8 Å². The van der Waals surface area contributed by atoms with E-state index in [1.54, 1.807) is 0 Å². The van der Waals surface area contributed by atoms with Crippen LogP contribution in [0.25, 0.3) is 0 Å². The second kappa shape index (κ2) is 6.71. The van der Waals surface area contributed by atoms with E-state index in [0.717, 1.165) is 68.7 Å². The summed E-state index contributed by atoms with van der Waals surface area (Å²) < 4.78 is 11.4. The molecule has 3 aliphatic heterocycles. The third-order valence-electron chi connectivity index (χ3n) is 6.49. The summed E-state index contributed by atoms with van der Waals surface area (Å²) in [4.78, 5) is 26.7. The van der Waals surface area contributed by atoms with Crippen molar-refractivity contribution in [2.45, 2.75) is 44.6 Å². The monoisotopic (exact) mass is 372 g/mol. The van der Waals surface area contributed by atoms with Crippen molar-refractivity contribution in [1.82, 2.24) is 14.9 Å². The van der Waals surface area contributed by atoms with Gasteiger partial charge in [-0.05, 0) is 32.1 Å². The molecule has 0 unspecified atom stereocenters. The molecule has 1 aromatic heterocycles. The minimum Gasteiger partial charge on any atom is -0.378 e. The molecule has 5 rings (SSSR count). The Morgan fingerprint density at radius 3 is 2.78 bits per heavy atom. The molecule has 3 fully saturated rings. The first-order valence-electron chi connectivity index (χ1n) is 10.2. The maximum atomic E-state index is 12.6. The molecule has 0 N–H and O–H groups in total. The molecule has 4 aliphatic rings. The summed E-state index contributed by atoms with van der Waals surface area (Å²) >= 11 is 0. The van der Waals surface area contributed by atoms with Crippen molar-refractivity contribution in [3.63, 3.8) is 0 Å². The van der Waals surface area contributed by atoms with Crippen molar-refractivity contribution in [3.05, 3.63) is 17.0 Å². The topological polar surface area (TPSA) is 67.8 Å². The number of hydrogen-bond acceptors (Lipinski definition) is 6. The van der Waals surface area contributed by atoms with Crippen LogP contribution in [0.5, 0.6) is 0 Å². The van der Waals surface area contributed by atoms with E-state index in [4.69, 9.17) is 19.4 Å². The summed E-state index contributed by atoms with van der Waals surface area (Å²) in [5, 5.41) is 0. The fourth-order valence-corrected chi connectivity index (χ4v) is 4.61. The van der Waals surface area contributed by atoms with Gasteiger partial charge in [-0.3, -0.25) is 4.79 Å². The molecule has 7 heteroatoms. The van der Waals surface area contributed by atoms with E-state index in [1.807, 2.05) is 4.90 Å². The summed E-state index contributed by atoms with van der Waals surface area (Å²) in [7, 11) is 0. The maximum absolute atomic E-state index is 12.6. The van der Waals surface area contributed by atoms with Crippen LogP contribution in [0.1, 0.15) is 42.6 Å². The second-order valence-corrected chi connectivity index (χ2v) is 8.52. The molecular weight excluding hydrogens is 344 g/mol.